The monoisotopic (exact) mass is 309 g/mol. The number of benzene rings is 1. The fraction of sp³-hybridized carbons (Fsp3) is 0.417. The molecule has 0 aliphatic heterocycles. The summed E-state index contributed by atoms with van der Waals surface area (Å²) in [4.78, 5) is 11.6. The molecule has 0 saturated carbocycles. The van der Waals surface area contributed by atoms with Crippen molar-refractivity contribution in [3.05, 3.63) is 34.4 Å². The Kier molecular flexibility index (Phi) is 7.12. The lowest BCUT2D eigenvalue weighted by Gasteiger charge is -2.06. The van der Waals surface area contributed by atoms with E-state index in [-0.39, 0.29) is 17.2 Å². The van der Waals surface area contributed by atoms with E-state index in [1.807, 2.05) is 0 Å². The van der Waals surface area contributed by atoms with Crippen molar-refractivity contribution >= 4 is 29.3 Å². The van der Waals surface area contributed by atoms with E-state index in [4.69, 9.17) is 16.7 Å². The van der Waals surface area contributed by atoms with Crippen molar-refractivity contribution in [3.63, 3.8) is 0 Å². The number of rotatable bonds is 7. The Morgan fingerprint density at radius 3 is 2.74 bits per heavy atom. The van der Waals surface area contributed by atoms with Gasteiger partial charge in [0.25, 0.3) is 5.91 Å². The van der Waals surface area contributed by atoms with Crippen molar-refractivity contribution in [1.82, 2.24) is 5.32 Å². The van der Waals surface area contributed by atoms with Gasteiger partial charge in [0.1, 0.15) is 11.6 Å². The van der Waals surface area contributed by atoms with Crippen molar-refractivity contribution in [2.45, 2.75) is 6.42 Å². The van der Waals surface area contributed by atoms with Gasteiger partial charge in [-0.05, 0) is 24.3 Å². The zero-order valence-corrected chi connectivity index (χ0v) is 11.7. The number of halogens is 3. The van der Waals surface area contributed by atoms with Crippen LogP contribution >= 0.6 is 23.4 Å². The molecule has 3 nitrogen and oxygen atoms in total. The van der Waals surface area contributed by atoms with Crippen LogP contribution in [-0.4, -0.2) is 35.7 Å². The summed E-state index contributed by atoms with van der Waals surface area (Å²) in [5.41, 5.74) is -0.359. The highest BCUT2D eigenvalue weighted by Gasteiger charge is 2.14. The molecule has 0 unspecified atom stereocenters. The maximum absolute atomic E-state index is 13.4. The molecule has 0 aliphatic rings. The fourth-order valence-electron chi connectivity index (χ4n) is 1.30. The molecule has 2 N–H and O–H groups in total. The van der Waals surface area contributed by atoms with Crippen molar-refractivity contribution in [2.24, 2.45) is 0 Å². The molecular formula is C12H14ClF2NO2S. The second-order valence-electron chi connectivity index (χ2n) is 3.69. The number of hydrogen-bond donors (Lipinski definition) is 2. The normalized spacial score (nSPS) is 10.5. The molecular weight excluding hydrogens is 296 g/mol. The predicted octanol–water partition coefficient (Wildman–Crippen LogP) is 2.46. The lowest BCUT2D eigenvalue weighted by Crippen LogP contribution is -2.26. The Labute approximate surface area is 119 Å². The second kappa shape index (κ2) is 8.35. The van der Waals surface area contributed by atoms with Crippen LogP contribution < -0.4 is 5.32 Å². The summed E-state index contributed by atoms with van der Waals surface area (Å²) in [5, 5.41) is 10.7. The molecule has 0 heterocycles. The molecule has 0 aliphatic carbocycles. The number of amides is 1. The molecule has 106 valence electrons. The summed E-state index contributed by atoms with van der Waals surface area (Å²) in [6.07, 6.45) is 0.690. The number of hydrogen-bond acceptors (Lipinski definition) is 3. The highest BCUT2D eigenvalue weighted by Crippen LogP contribution is 2.19. The van der Waals surface area contributed by atoms with Gasteiger partial charge < -0.3 is 10.4 Å². The van der Waals surface area contributed by atoms with E-state index >= 15 is 0 Å². The van der Waals surface area contributed by atoms with Crippen LogP contribution in [0, 0.1) is 11.6 Å². The van der Waals surface area contributed by atoms with E-state index in [9.17, 15) is 13.6 Å². The third-order valence-electron chi connectivity index (χ3n) is 2.23. The molecule has 7 heteroatoms. The van der Waals surface area contributed by atoms with Crippen molar-refractivity contribution in [3.8, 4) is 0 Å². The zero-order chi connectivity index (χ0) is 14.3. The lowest BCUT2D eigenvalue weighted by molar-refractivity contribution is 0.0951. The molecule has 1 aromatic carbocycles. The van der Waals surface area contributed by atoms with Crippen LogP contribution in [0.2, 0.25) is 5.02 Å². The van der Waals surface area contributed by atoms with Crippen molar-refractivity contribution < 1.29 is 18.7 Å². The van der Waals surface area contributed by atoms with Crippen LogP contribution in [0.4, 0.5) is 8.78 Å². The van der Waals surface area contributed by atoms with Gasteiger partial charge in [-0.15, -0.1) is 0 Å². The number of thioether (sulfide) groups is 1. The fourth-order valence-corrected chi connectivity index (χ4v) is 2.23. The molecule has 0 spiro atoms. The van der Waals surface area contributed by atoms with Gasteiger partial charge in [0.15, 0.2) is 0 Å². The maximum Gasteiger partial charge on any atom is 0.254 e. The molecule has 0 atom stereocenters. The Morgan fingerprint density at radius 1 is 1.32 bits per heavy atom. The van der Waals surface area contributed by atoms with Gasteiger partial charge in [0.2, 0.25) is 0 Å². The van der Waals surface area contributed by atoms with Gasteiger partial charge in [-0.3, -0.25) is 4.79 Å². The Hall–Kier alpha value is -0.850. The number of aliphatic hydroxyl groups is 1. The molecule has 0 bridgehead atoms. The van der Waals surface area contributed by atoms with Gasteiger partial charge in [-0.1, -0.05) is 11.6 Å². The largest absolute Gasteiger partial charge is 0.396 e. The lowest BCUT2D eigenvalue weighted by atomic mass is 10.2. The molecule has 1 aromatic rings. The van der Waals surface area contributed by atoms with Crippen LogP contribution in [0.25, 0.3) is 0 Å². The first-order valence-electron chi connectivity index (χ1n) is 5.67. The van der Waals surface area contributed by atoms with Crippen LogP contribution in [-0.2, 0) is 0 Å². The zero-order valence-electron chi connectivity index (χ0n) is 10.1. The molecule has 0 saturated heterocycles. The van der Waals surface area contributed by atoms with E-state index in [2.05, 4.69) is 5.32 Å². The van der Waals surface area contributed by atoms with E-state index in [0.29, 0.717) is 18.7 Å². The Morgan fingerprint density at radius 2 is 2.05 bits per heavy atom. The minimum absolute atomic E-state index is 0.134. The summed E-state index contributed by atoms with van der Waals surface area (Å²) in [5.74, 6) is -0.919. The Balaban J connectivity index is 2.43. The summed E-state index contributed by atoms with van der Waals surface area (Å²) in [6.45, 7) is 0.479. The summed E-state index contributed by atoms with van der Waals surface area (Å²) < 4.78 is 26.6. The van der Waals surface area contributed by atoms with E-state index in [1.165, 1.54) is 0 Å². The standard InChI is InChI=1S/C12H14ClF2NO2S/c13-9-7-10(14)8(6-11(9)15)12(18)16-2-5-19-4-1-3-17/h6-7,17H,1-5H2,(H,16,18). The van der Waals surface area contributed by atoms with Gasteiger partial charge >= 0.3 is 0 Å². The predicted molar refractivity (Wildman–Crippen MR) is 72.7 cm³/mol. The van der Waals surface area contributed by atoms with Crippen molar-refractivity contribution in [2.75, 3.05) is 24.7 Å². The van der Waals surface area contributed by atoms with Crippen LogP contribution in [0.5, 0.6) is 0 Å². The minimum Gasteiger partial charge on any atom is -0.396 e. The first-order chi connectivity index (χ1) is 9.06. The second-order valence-corrected chi connectivity index (χ2v) is 5.32. The summed E-state index contributed by atoms with van der Waals surface area (Å²) in [6, 6.07) is 1.56. The SMILES string of the molecule is O=C(NCCSCCCO)c1cc(F)c(Cl)cc1F. The Bertz CT molecular complexity index is 446. The molecule has 0 aromatic heterocycles. The van der Waals surface area contributed by atoms with Crippen LogP contribution in [0.15, 0.2) is 12.1 Å². The van der Waals surface area contributed by atoms with E-state index < -0.39 is 17.5 Å². The summed E-state index contributed by atoms with van der Waals surface area (Å²) >= 11 is 6.96. The highest BCUT2D eigenvalue weighted by molar-refractivity contribution is 7.99. The van der Waals surface area contributed by atoms with E-state index in [0.717, 1.165) is 17.9 Å². The van der Waals surface area contributed by atoms with Gasteiger partial charge in [0, 0.05) is 18.9 Å². The molecule has 0 fully saturated rings. The van der Waals surface area contributed by atoms with E-state index in [1.54, 1.807) is 11.8 Å². The van der Waals surface area contributed by atoms with Gasteiger partial charge in [-0.2, -0.15) is 11.8 Å². The number of carbonyl (C=O) groups excluding carboxylic acids is 1. The minimum atomic E-state index is -0.850. The topological polar surface area (TPSA) is 49.3 Å². The smallest absolute Gasteiger partial charge is 0.254 e. The molecule has 1 amide bonds. The first-order valence-corrected chi connectivity index (χ1v) is 7.21. The average Bonchev–Trinajstić information content (AvgIpc) is 2.37. The van der Waals surface area contributed by atoms with Crippen molar-refractivity contribution in [1.29, 1.82) is 0 Å². The van der Waals surface area contributed by atoms with Crippen LogP contribution in [0.1, 0.15) is 16.8 Å². The number of nitrogens with one attached hydrogen (secondary N) is 1. The van der Waals surface area contributed by atoms with Gasteiger partial charge in [-0.25, -0.2) is 8.78 Å². The molecule has 0 radical (unpaired) electrons. The first kappa shape index (κ1) is 16.2. The highest BCUT2D eigenvalue weighted by atomic mass is 35.5. The average molecular weight is 310 g/mol. The number of carbonyl (C=O) groups is 1. The summed E-state index contributed by atoms with van der Waals surface area (Å²) in [7, 11) is 0. The van der Waals surface area contributed by atoms with Gasteiger partial charge in [0.05, 0.1) is 10.6 Å². The third-order valence-corrected chi connectivity index (χ3v) is 3.59. The number of aliphatic hydroxyl groups excluding tert-OH is 1. The molecule has 19 heavy (non-hydrogen) atoms. The van der Waals surface area contributed by atoms with Crippen LogP contribution in [0.3, 0.4) is 0 Å². The molecule has 1 rings (SSSR count). The maximum atomic E-state index is 13.4. The third kappa shape index (κ3) is 5.34. The quantitative estimate of drug-likeness (QED) is 0.601.